The van der Waals surface area contributed by atoms with Crippen molar-refractivity contribution >= 4 is 40.7 Å². The zero-order valence-electron chi connectivity index (χ0n) is 30.5. The van der Waals surface area contributed by atoms with Crippen molar-refractivity contribution in [3.05, 3.63) is 129 Å². The van der Waals surface area contributed by atoms with Gasteiger partial charge >= 0.3 is 12.1 Å². The van der Waals surface area contributed by atoms with Gasteiger partial charge in [0.15, 0.2) is 0 Å². The summed E-state index contributed by atoms with van der Waals surface area (Å²) in [5, 5.41) is 14.9. The fourth-order valence-electron chi connectivity index (χ4n) is 5.91. The van der Waals surface area contributed by atoms with E-state index in [0.29, 0.717) is 51.1 Å². The highest BCUT2D eigenvalue weighted by Crippen LogP contribution is 2.20. The van der Waals surface area contributed by atoms with E-state index in [1.165, 1.54) is 11.3 Å². The molecule has 3 N–H and O–H groups in total. The Hall–Kier alpha value is -5.01. The van der Waals surface area contributed by atoms with Gasteiger partial charge in [0.1, 0.15) is 17.7 Å². The number of benzene rings is 2. The summed E-state index contributed by atoms with van der Waals surface area (Å²) in [4.78, 5) is 51.0. The lowest BCUT2D eigenvalue weighted by Crippen LogP contribution is -2.53. The molecule has 5 aromatic rings. The van der Waals surface area contributed by atoms with Gasteiger partial charge in [-0.2, -0.15) is 0 Å². The topological polar surface area (TPSA) is 130 Å². The maximum Gasteiger partial charge on any atom is 0.407 e. The molecular weight excluding hydrogens is 707 g/mol. The smallest absolute Gasteiger partial charge is 0.407 e. The summed E-state index contributed by atoms with van der Waals surface area (Å²) in [5.41, 5.74) is 2.97. The number of nitrogens with one attached hydrogen (secondary N) is 3. The largest absolute Gasteiger partial charge is 0.442 e. The molecule has 0 fully saturated rings. The lowest BCUT2D eigenvalue weighted by atomic mass is 9.95. The first-order chi connectivity index (χ1) is 25.7. The Morgan fingerprint density at radius 3 is 2.06 bits per heavy atom. The van der Waals surface area contributed by atoms with E-state index in [0.717, 1.165) is 26.8 Å². The highest BCUT2D eigenvalue weighted by molar-refractivity contribution is 7.09. The molecule has 0 aliphatic heterocycles. The molecule has 0 unspecified atom stereocenters. The zero-order chi connectivity index (χ0) is 37.4. The molecule has 3 heterocycles. The van der Waals surface area contributed by atoms with E-state index >= 15 is 0 Å². The minimum Gasteiger partial charge on any atom is -0.442 e. The fraction of sp³-hybridized carbons (Fsp3) is 0.375. The first-order valence-electron chi connectivity index (χ1n) is 18.0. The number of urea groups is 1. The van der Waals surface area contributed by atoms with Crippen molar-refractivity contribution in [3.63, 3.8) is 0 Å². The van der Waals surface area contributed by atoms with Crippen LogP contribution < -0.4 is 16.0 Å². The van der Waals surface area contributed by atoms with Gasteiger partial charge in [0, 0.05) is 60.9 Å². The Balaban J connectivity index is 1.28. The Labute approximate surface area is 319 Å². The van der Waals surface area contributed by atoms with Gasteiger partial charge in [0.2, 0.25) is 5.91 Å². The highest BCUT2D eigenvalue weighted by atomic mass is 32.1. The second-order valence-corrected chi connectivity index (χ2v) is 15.3. The molecule has 0 aliphatic rings. The molecule has 3 atom stereocenters. The Morgan fingerprint density at radius 2 is 1.47 bits per heavy atom. The van der Waals surface area contributed by atoms with Crippen LogP contribution in [0.3, 0.4) is 0 Å². The summed E-state index contributed by atoms with van der Waals surface area (Å²) >= 11 is 3.02. The van der Waals surface area contributed by atoms with Crippen molar-refractivity contribution in [2.24, 2.45) is 0 Å². The molecule has 0 bridgehead atoms. The predicted octanol–water partition coefficient (Wildman–Crippen LogP) is 7.17. The number of hydrogen-bond donors (Lipinski definition) is 3. The van der Waals surface area contributed by atoms with Crippen LogP contribution in [0.4, 0.5) is 9.59 Å². The molecule has 11 nitrogen and oxygen atoms in total. The molecular formula is C40H49N7O4S2. The normalized spacial score (nSPS) is 12.8. The standard InChI is InChI=1S/C40H49N7O4S2/c1-29(2)38-43-34(28-53-38)26-46(3)39(49)45-35(18-22-47-20-10-11-21-47)37(48)42-32(24-30-12-6-4-7-13-30)16-17-33(25-31-14-8-5-9-15-31)44-40(50)51-27-36-41-19-23-52-36/h4-15,19-21,23,28-29,32-33,35H,16-18,22,24-27H2,1-3H3,(H,42,48)(H,44,50)(H,45,49)/t32-,33-,35+/m1/s1. The van der Waals surface area contributed by atoms with Crippen molar-refractivity contribution in [3.8, 4) is 0 Å². The van der Waals surface area contributed by atoms with Gasteiger partial charge in [-0.05, 0) is 55.4 Å². The molecule has 53 heavy (non-hydrogen) atoms. The minimum absolute atomic E-state index is 0.0995. The van der Waals surface area contributed by atoms with Crippen LogP contribution in [0.25, 0.3) is 0 Å². The maximum atomic E-state index is 14.2. The van der Waals surface area contributed by atoms with Gasteiger partial charge in [0.25, 0.3) is 0 Å². The highest BCUT2D eigenvalue weighted by Gasteiger charge is 2.26. The Kier molecular flexibility index (Phi) is 15.0. The van der Waals surface area contributed by atoms with Crippen molar-refractivity contribution in [1.82, 2.24) is 35.4 Å². The SMILES string of the molecule is CC(C)c1nc(CN(C)C(=O)N[C@@H](CCn2cccc2)C(=O)N[C@H](CC[C@H](Cc2ccccc2)NC(=O)OCc2nccs2)Cc2ccccc2)cs1. The number of nitrogens with zero attached hydrogens (tertiary/aromatic N) is 4. The number of alkyl carbamates (subject to hydrolysis) is 1. The Morgan fingerprint density at radius 1 is 0.830 bits per heavy atom. The second kappa shape index (κ2) is 20.3. The number of ether oxygens (including phenoxy) is 1. The van der Waals surface area contributed by atoms with E-state index in [2.05, 4.69) is 39.8 Å². The summed E-state index contributed by atoms with van der Waals surface area (Å²) < 4.78 is 7.49. The Bertz CT molecular complexity index is 1820. The number of thiazole rings is 2. The van der Waals surface area contributed by atoms with E-state index < -0.39 is 12.1 Å². The predicted molar refractivity (Wildman–Crippen MR) is 210 cm³/mol. The molecule has 280 valence electrons. The summed E-state index contributed by atoms with van der Waals surface area (Å²) in [6, 6.07) is 22.2. The number of aryl methyl sites for hydroxylation is 1. The van der Waals surface area contributed by atoms with Crippen LogP contribution in [0.1, 0.15) is 65.9 Å². The van der Waals surface area contributed by atoms with Crippen LogP contribution in [-0.4, -0.2) is 62.6 Å². The van der Waals surface area contributed by atoms with E-state index in [1.807, 2.05) is 101 Å². The molecule has 0 aliphatic carbocycles. The molecule has 13 heteroatoms. The van der Waals surface area contributed by atoms with Crippen LogP contribution in [0.2, 0.25) is 0 Å². The van der Waals surface area contributed by atoms with Gasteiger partial charge < -0.3 is 30.2 Å². The number of carbonyl (C=O) groups excluding carboxylic acids is 3. The average molecular weight is 756 g/mol. The van der Waals surface area contributed by atoms with Gasteiger partial charge in [-0.15, -0.1) is 22.7 Å². The van der Waals surface area contributed by atoms with Gasteiger partial charge in [-0.1, -0.05) is 74.5 Å². The third-order valence-corrected chi connectivity index (χ3v) is 10.7. The number of hydrogen-bond acceptors (Lipinski definition) is 8. The van der Waals surface area contributed by atoms with Crippen molar-refractivity contribution in [2.75, 3.05) is 7.05 Å². The van der Waals surface area contributed by atoms with Crippen LogP contribution in [0.5, 0.6) is 0 Å². The molecule has 4 amide bonds. The molecule has 5 rings (SSSR count). The number of amides is 4. The van der Waals surface area contributed by atoms with Crippen LogP contribution in [-0.2, 0) is 42.1 Å². The lowest BCUT2D eigenvalue weighted by molar-refractivity contribution is -0.124. The zero-order valence-corrected chi connectivity index (χ0v) is 32.2. The van der Waals surface area contributed by atoms with Crippen LogP contribution in [0.15, 0.2) is 102 Å². The van der Waals surface area contributed by atoms with Crippen molar-refractivity contribution in [2.45, 2.75) is 89.7 Å². The van der Waals surface area contributed by atoms with Crippen LogP contribution in [0, 0.1) is 0 Å². The molecule has 0 saturated heterocycles. The fourth-order valence-corrected chi connectivity index (χ4v) is 7.27. The lowest BCUT2D eigenvalue weighted by Gasteiger charge is -2.27. The molecule has 0 radical (unpaired) electrons. The van der Waals surface area contributed by atoms with Gasteiger partial charge in [-0.3, -0.25) is 4.79 Å². The van der Waals surface area contributed by atoms with E-state index in [-0.39, 0.29) is 30.6 Å². The number of carbonyl (C=O) groups is 3. The van der Waals surface area contributed by atoms with E-state index in [9.17, 15) is 14.4 Å². The molecule has 2 aromatic carbocycles. The summed E-state index contributed by atoms with van der Waals surface area (Å²) in [5.74, 6) is 0.0525. The molecule has 0 saturated carbocycles. The van der Waals surface area contributed by atoms with Crippen molar-refractivity contribution < 1.29 is 19.1 Å². The average Bonchev–Trinajstić information content (AvgIpc) is 3.96. The first-order valence-corrected chi connectivity index (χ1v) is 19.7. The maximum absolute atomic E-state index is 14.2. The van der Waals surface area contributed by atoms with Crippen molar-refractivity contribution in [1.29, 1.82) is 0 Å². The van der Waals surface area contributed by atoms with Gasteiger partial charge in [-0.25, -0.2) is 19.6 Å². The minimum atomic E-state index is -0.786. The number of rotatable bonds is 19. The van der Waals surface area contributed by atoms with E-state index in [1.54, 1.807) is 29.5 Å². The summed E-state index contributed by atoms with van der Waals surface area (Å²) in [7, 11) is 1.71. The third kappa shape index (κ3) is 13.2. The van der Waals surface area contributed by atoms with Crippen LogP contribution >= 0.6 is 22.7 Å². The quantitative estimate of drug-likeness (QED) is 0.0820. The monoisotopic (exact) mass is 755 g/mol. The van der Waals surface area contributed by atoms with E-state index in [4.69, 9.17) is 4.74 Å². The second-order valence-electron chi connectivity index (χ2n) is 13.4. The summed E-state index contributed by atoms with van der Waals surface area (Å²) in [6.07, 6.45) is 7.78. The summed E-state index contributed by atoms with van der Waals surface area (Å²) in [6.45, 7) is 5.17. The molecule has 0 spiro atoms. The molecule has 3 aromatic heterocycles. The number of aromatic nitrogens is 3. The third-order valence-electron chi connectivity index (χ3n) is 8.76. The first kappa shape index (κ1) is 39.2. The van der Waals surface area contributed by atoms with Gasteiger partial charge in [0.05, 0.1) is 17.2 Å².